The van der Waals surface area contributed by atoms with Gasteiger partial charge >= 0.3 is 5.69 Å². The molecule has 1 N–H and O–H groups in total. The van der Waals surface area contributed by atoms with Gasteiger partial charge in [-0.05, 0) is 15.9 Å². The standard InChI is InChI=1S/C6H4BrN5O/c7-4-1-9-5(2-8-4)12-3-10-11-6(12)13/h1-3H,(H,11,13). The molecule has 0 unspecified atom stereocenters. The van der Waals surface area contributed by atoms with E-state index < -0.39 is 0 Å². The predicted molar refractivity (Wildman–Crippen MR) is 47.5 cm³/mol. The van der Waals surface area contributed by atoms with Crippen molar-refractivity contribution in [3.05, 3.63) is 33.8 Å². The number of nitrogens with one attached hydrogen (secondary N) is 1. The van der Waals surface area contributed by atoms with Crippen LogP contribution in [-0.2, 0) is 0 Å². The van der Waals surface area contributed by atoms with Crippen molar-refractivity contribution < 1.29 is 0 Å². The third-order valence-corrected chi connectivity index (χ3v) is 1.82. The lowest BCUT2D eigenvalue weighted by atomic mass is 10.6. The summed E-state index contributed by atoms with van der Waals surface area (Å²) in [5.41, 5.74) is -0.336. The molecule has 0 spiro atoms. The van der Waals surface area contributed by atoms with E-state index in [9.17, 15) is 4.79 Å². The fraction of sp³-hybridized carbons (Fsp3) is 0. The molecule has 0 fully saturated rings. The van der Waals surface area contributed by atoms with E-state index in [1.165, 1.54) is 23.3 Å². The Morgan fingerprint density at radius 2 is 2.23 bits per heavy atom. The lowest BCUT2D eigenvalue weighted by Gasteiger charge is -1.96. The van der Waals surface area contributed by atoms with Gasteiger partial charge < -0.3 is 0 Å². The summed E-state index contributed by atoms with van der Waals surface area (Å²) in [4.78, 5) is 19.0. The Morgan fingerprint density at radius 3 is 2.77 bits per heavy atom. The van der Waals surface area contributed by atoms with Crippen LogP contribution < -0.4 is 5.69 Å². The summed E-state index contributed by atoms with van der Waals surface area (Å²) in [7, 11) is 0. The van der Waals surface area contributed by atoms with E-state index in [2.05, 4.69) is 36.1 Å². The molecule has 13 heavy (non-hydrogen) atoms. The van der Waals surface area contributed by atoms with Gasteiger partial charge in [0.05, 0.1) is 12.4 Å². The van der Waals surface area contributed by atoms with Crippen LogP contribution in [0.1, 0.15) is 0 Å². The first-order valence-corrected chi connectivity index (χ1v) is 4.16. The second-order valence-corrected chi connectivity index (χ2v) is 3.04. The lowest BCUT2D eigenvalue weighted by molar-refractivity contribution is 0.920. The summed E-state index contributed by atoms with van der Waals surface area (Å²) in [6.07, 6.45) is 4.33. The Bertz CT molecular complexity index is 458. The highest BCUT2D eigenvalue weighted by Crippen LogP contribution is 2.03. The lowest BCUT2D eigenvalue weighted by Crippen LogP contribution is -2.15. The maximum atomic E-state index is 11.1. The second-order valence-electron chi connectivity index (χ2n) is 2.23. The molecule has 0 atom stereocenters. The van der Waals surface area contributed by atoms with E-state index in [1.807, 2.05) is 0 Å². The number of nitrogens with zero attached hydrogens (tertiary/aromatic N) is 4. The van der Waals surface area contributed by atoms with Crippen LogP contribution in [0.2, 0.25) is 0 Å². The summed E-state index contributed by atoms with van der Waals surface area (Å²) < 4.78 is 1.88. The molecular formula is C6H4BrN5O. The Labute approximate surface area is 80.8 Å². The topological polar surface area (TPSA) is 76.5 Å². The highest BCUT2D eigenvalue weighted by atomic mass is 79.9. The summed E-state index contributed by atoms with van der Waals surface area (Å²) in [5.74, 6) is 0.432. The van der Waals surface area contributed by atoms with Crippen LogP contribution in [0.15, 0.2) is 28.1 Å². The van der Waals surface area contributed by atoms with Gasteiger partial charge in [0.2, 0.25) is 0 Å². The van der Waals surface area contributed by atoms with Crippen molar-refractivity contribution in [3.8, 4) is 5.82 Å². The van der Waals surface area contributed by atoms with Gasteiger partial charge in [-0.1, -0.05) is 0 Å². The molecule has 2 heterocycles. The molecule has 0 aliphatic heterocycles. The number of aromatic amines is 1. The monoisotopic (exact) mass is 241 g/mol. The molecule has 2 aromatic heterocycles. The van der Waals surface area contributed by atoms with Crippen molar-refractivity contribution in [1.82, 2.24) is 24.7 Å². The van der Waals surface area contributed by atoms with Gasteiger partial charge in [0.1, 0.15) is 10.9 Å². The molecule has 0 saturated carbocycles. The van der Waals surface area contributed by atoms with Crippen LogP contribution in [0.4, 0.5) is 0 Å². The normalized spacial score (nSPS) is 10.2. The average Bonchev–Trinajstić information content (AvgIpc) is 2.53. The van der Waals surface area contributed by atoms with Crippen LogP contribution in [0.5, 0.6) is 0 Å². The predicted octanol–water partition coefficient (Wildman–Crippen LogP) is 0.113. The molecule has 2 aromatic rings. The van der Waals surface area contributed by atoms with Gasteiger partial charge in [-0.2, -0.15) is 5.10 Å². The van der Waals surface area contributed by atoms with Crippen molar-refractivity contribution >= 4 is 15.9 Å². The minimum atomic E-state index is -0.336. The van der Waals surface area contributed by atoms with E-state index >= 15 is 0 Å². The van der Waals surface area contributed by atoms with Gasteiger partial charge in [0.15, 0.2) is 5.82 Å². The molecule has 0 radical (unpaired) electrons. The van der Waals surface area contributed by atoms with Crippen LogP contribution >= 0.6 is 15.9 Å². The van der Waals surface area contributed by atoms with E-state index in [0.29, 0.717) is 10.4 Å². The molecule has 7 heteroatoms. The summed E-state index contributed by atoms with van der Waals surface area (Å²) >= 11 is 3.14. The van der Waals surface area contributed by atoms with Gasteiger partial charge in [-0.25, -0.2) is 24.4 Å². The van der Waals surface area contributed by atoms with Crippen LogP contribution in [0.25, 0.3) is 5.82 Å². The highest BCUT2D eigenvalue weighted by molar-refractivity contribution is 9.10. The molecular weight excluding hydrogens is 238 g/mol. The van der Waals surface area contributed by atoms with Crippen LogP contribution in [-0.4, -0.2) is 24.7 Å². The SMILES string of the molecule is O=c1[nH]ncn1-c1cnc(Br)cn1. The van der Waals surface area contributed by atoms with Crippen molar-refractivity contribution in [1.29, 1.82) is 0 Å². The fourth-order valence-corrected chi connectivity index (χ4v) is 1.05. The van der Waals surface area contributed by atoms with Gasteiger partial charge in [0.25, 0.3) is 0 Å². The Morgan fingerprint density at radius 1 is 1.38 bits per heavy atom. The third kappa shape index (κ3) is 1.50. The smallest absolute Gasteiger partial charge is 0.246 e. The molecule has 2 rings (SSSR count). The van der Waals surface area contributed by atoms with E-state index in [1.54, 1.807) is 0 Å². The maximum absolute atomic E-state index is 11.1. The van der Waals surface area contributed by atoms with Crippen molar-refractivity contribution in [2.75, 3.05) is 0 Å². The molecule has 0 aromatic carbocycles. The van der Waals surface area contributed by atoms with Crippen LogP contribution in [0, 0.1) is 0 Å². The zero-order valence-corrected chi connectivity index (χ0v) is 7.89. The van der Waals surface area contributed by atoms with Gasteiger partial charge in [-0.3, -0.25) is 0 Å². The second kappa shape index (κ2) is 3.09. The van der Waals surface area contributed by atoms with E-state index in [-0.39, 0.29) is 5.69 Å². The van der Waals surface area contributed by atoms with E-state index in [0.717, 1.165) is 0 Å². The first-order chi connectivity index (χ1) is 6.27. The van der Waals surface area contributed by atoms with Gasteiger partial charge in [0, 0.05) is 0 Å². The molecule has 0 saturated heterocycles. The molecule has 0 aliphatic rings. The largest absolute Gasteiger partial charge is 0.348 e. The zero-order chi connectivity index (χ0) is 9.26. The Kier molecular flexibility index (Phi) is 1.93. The van der Waals surface area contributed by atoms with Gasteiger partial charge in [-0.15, -0.1) is 0 Å². The molecule has 66 valence electrons. The van der Waals surface area contributed by atoms with Crippen LogP contribution in [0.3, 0.4) is 0 Å². The zero-order valence-electron chi connectivity index (χ0n) is 6.31. The molecule has 6 nitrogen and oxygen atoms in total. The Balaban J connectivity index is 2.54. The van der Waals surface area contributed by atoms with Crippen molar-refractivity contribution in [3.63, 3.8) is 0 Å². The number of H-pyrrole nitrogens is 1. The average molecular weight is 242 g/mol. The van der Waals surface area contributed by atoms with E-state index in [4.69, 9.17) is 0 Å². The number of hydrogen-bond acceptors (Lipinski definition) is 4. The summed E-state index contributed by atoms with van der Waals surface area (Å²) in [6.45, 7) is 0. The highest BCUT2D eigenvalue weighted by Gasteiger charge is 2.01. The van der Waals surface area contributed by atoms with Crippen molar-refractivity contribution in [2.45, 2.75) is 0 Å². The first kappa shape index (κ1) is 8.11. The first-order valence-electron chi connectivity index (χ1n) is 3.37. The number of rotatable bonds is 1. The minimum Gasteiger partial charge on any atom is -0.246 e. The number of aromatic nitrogens is 5. The number of halogens is 1. The maximum Gasteiger partial charge on any atom is 0.348 e. The van der Waals surface area contributed by atoms with Crippen molar-refractivity contribution in [2.24, 2.45) is 0 Å². The number of hydrogen-bond donors (Lipinski definition) is 1. The quantitative estimate of drug-likeness (QED) is 0.770. The summed E-state index contributed by atoms with van der Waals surface area (Å²) in [5, 5.41) is 5.83. The molecule has 0 aliphatic carbocycles. The third-order valence-electron chi connectivity index (χ3n) is 1.41. The Hall–Kier alpha value is -1.50. The summed E-state index contributed by atoms with van der Waals surface area (Å²) in [6, 6.07) is 0. The molecule has 0 amide bonds. The fourth-order valence-electron chi connectivity index (χ4n) is 0.841. The molecule has 0 bridgehead atoms. The minimum absolute atomic E-state index is 0.336.